The summed E-state index contributed by atoms with van der Waals surface area (Å²) in [4.78, 5) is 0. The number of rotatable bonds is 6. The zero-order chi connectivity index (χ0) is 9.56. The third-order valence-corrected chi connectivity index (χ3v) is 1.66. The molecule has 73 valence electrons. The minimum Gasteiger partial charge on any atom is -0.327 e. The van der Waals surface area contributed by atoms with Crippen LogP contribution >= 0.6 is 0 Å². The normalized spacial score (nSPS) is 14.2. The molecule has 0 aromatic heterocycles. The summed E-state index contributed by atoms with van der Waals surface area (Å²) in [5.41, 5.74) is 5.89. The molecule has 0 unspecified atom stereocenters. The predicted molar refractivity (Wildman–Crippen MR) is 54.9 cm³/mol. The largest absolute Gasteiger partial charge is 0.327 e. The van der Waals surface area contributed by atoms with Gasteiger partial charge in [-0.2, -0.15) is 0 Å². The fraction of sp³-hybridized carbons (Fsp3) is 0.900. The van der Waals surface area contributed by atoms with Crippen LogP contribution in [-0.4, -0.2) is 19.1 Å². The molecule has 2 nitrogen and oxygen atoms in total. The highest BCUT2D eigenvalue weighted by Gasteiger charge is 2.04. The topological polar surface area (TPSA) is 38.0 Å². The van der Waals surface area contributed by atoms with Crippen molar-refractivity contribution in [3.05, 3.63) is 5.92 Å². The number of nitrogens with two attached hydrogens (primary N) is 1. The third-order valence-electron chi connectivity index (χ3n) is 1.66. The number of nitrogens with one attached hydrogen (secondary N) is 1. The highest BCUT2D eigenvalue weighted by molar-refractivity contribution is 4.80. The van der Waals surface area contributed by atoms with Gasteiger partial charge in [-0.15, -0.1) is 0 Å². The number of hydrogen-bond donors (Lipinski definition) is 2. The van der Waals surface area contributed by atoms with E-state index in [1.165, 1.54) is 5.92 Å². The molecule has 1 radical (unpaired) electrons. The minimum absolute atomic E-state index is 0.310. The van der Waals surface area contributed by atoms with E-state index in [9.17, 15) is 0 Å². The van der Waals surface area contributed by atoms with E-state index in [2.05, 4.69) is 33.0 Å². The van der Waals surface area contributed by atoms with Gasteiger partial charge >= 0.3 is 0 Å². The molecule has 0 aromatic rings. The molecule has 0 saturated heterocycles. The summed E-state index contributed by atoms with van der Waals surface area (Å²) < 4.78 is 0. The van der Waals surface area contributed by atoms with E-state index in [-0.39, 0.29) is 0 Å². The van der Waals surface area contributed by atoms with Gasteiger partial charge in [-0.3, -0.25) is 0 Å². The van der Waals surface area contributed by atoms with E-state index in [4.69, 9.17) is 5.73 Å². The van der Waals surface area contributed by atoms with E-state index < -0.39 is 0 Å². The Kier molecular flexibility index (Phi) is 6.39. The van der Waals surface area contributed by atoms with Gasteiger partial charge in [-0.25, -0.2) is 0 Å². The van der Waals surface area contributed by atoms with Gasteiger partial charge < -0.3 is 11.1 Å². The standard InChI is InChI=1S/C10H23N2/c1-8(2)5-10(11)7-12-6-9(3)4/h8,10,12H,5-7,11H2,1-4H3/t10-/m1/s1. The second-order valence-electron chi connectivity index (χ2n) is 4.23. The minimum atomic E-state index is 0.310. The molecule has 0 heterocycles. The zero-order valence-corrected chi connectivity index (χ0v) is 8.85. The van der Waals surface area contributed by atoms with Gasteiger partial charge in [0.1, 0.15) is 0 Å². The van der Waals surface area contributed by atoms with E-state index in [1.807, 2.05) is 0 Å². The zero-order valence-electron chi connectivity index (χ0n) is 8.85. The van der Waals surface area contributed by atoms with Gasteiger partial charge in [-0.1, -0.05) is 27.7 Å². The average Bonchev–Trinajstić information content (AvgIpc) is 1.84. The summed E-state index contributed by atoms with van der Waals surface area (Å²) in [6.07, 6.45) is 1.11. The quantitative estimate of drug-likeness (QED) is 0.636. The maximum atomic E-state index is 5.89. The van der Waals surface area contributed by atoms with Gasteiger partial charge in [0.2, 0.25) is 0 Å². The lowest BCUT2D eigenvalue weighted by Crippen LogP contribution is -2.36. The first-order valence-corrected chi connectivity index (χ1v) is 4.77. The predicted octanol–water partition coefficient (Wildman–Crippen LogP) is 1.56. The smallest absolute Gasteiger partial charge is 0.0167 e. The molecule has 0 aliphatic carbocycles. The van der Waals surface area contributed by atoms with Gasteiger partial charge in [0, 0.05) is 19.1 Å². The summed E-state index contributed by atoms with van der Waals surface area (Å²) in [5, 5.41) is 3.33. The molecule has 0 bridgehead atoms. The SMILES string of the molecule is C[C](C)CNC[C@H](N)CC(C)C. The molecule has 0 aliphatic heterocycles. The first-order valence-electron chi connectivity index (χ1n) is 4.77. The molecule has 1 atom stereocenters. The summed E-state index contributed by atoms with van der Waals surface area (Å²) in [6.45, 7) is 10.6. The molecule has 0 rings (SSSR count). The van der Waals surface area contributed by atoms with E-state index in [1.54, 1.807) is 0 Å². The van der Waals surface area contributed by atoms with Crippen LogP contribution in [0.1, 0.15) is 34.1 Å². The summed E-state index contributed by atoms with van der Waals surface area (Å²) >= 11 is 0. The highest BCUT2D eigenvalue weighted by atomic mass is 14.9. The van der Waals surface area contributed by atoms with Crippen LogP contribution in [0.4, 0.5) is 0 Å². The van der Waals surface area contributed by atoms with Crippen molar-refractivity contribution in [1.29, 1.82) is 0 Å². The van der Waals surface area contributed by atoms with Crippen LogP contribution in [0.5, 0.6) is 0 Å². The van der Waals surface area contributed by atoms with Crippen LogP contribution in [-0.2, 0) is 0 Å². The fourth-order valence-corrected chi connectivity index (χ4v) is 1.20. The van der Waals surface area contributed by atoms with Crippen molar-refractivity contribution in [2.45, 2.75) is 40.2 Å². The van der Waals surface area contributed by atoms with Gasteiger partial charge in [0.25, 0.3) is 0 Å². The van der Waals surface area contributed by atoms with Crippen molar-refractivity contribution >= 4 is 0 Å². The first-order chi connectivity index (χ1) is 5.52. The molecule has 0 aliphatic rings. The van der Waals surface area contributed by atoms with Crippen LogP contribution in [0.15, 0.2) is 0 Å². The summed E-state index contributed by atoms with van der Waals surface area (Å²) in [6, 6.07) is 0.310. The summed E-state index contributed by atoms with van der Waals surface area (Å²) in [7, 11) is 0. The Morgan fingerprint density at radius 1 is 1.33 bits per heavy atom. The van der Waals surface area contributed by atoms with Crippen molar-refractivity contribution in [3.8, 4) is 0 Å². The van der Waals surface area contributed by atoms with Crippen LogP contribution in [0.2, 0.25) is 0 Å². The maximum absolute atomic E-state index is 5.89. The second-order valence-corrected chi connectivity index (χ2v) is 4.23. The Bertz CT molecular complexity index is 100. The molecule has 2 heteroatoms. The Balaban J connectivity index is 3.25. The molecule has 0 amide bonds. The number of hydrogen-bond acceptors (Lipinski definition) is 2. The van der Waals surface area contributed by atoms with Crippen LogP contribution in [0.3, 0.4) is 0 Å². The highest BCUT2D eigenvalue weighted by Crippen LogP contribution is 2.01. The molecule has 12 heavy (non-hydrogen) atoms. The monoisotopic (exact) mass is 171 g/mol. The van der Waals surface area contributed by atoms with Crippen molar-refractivity contribution in [1.82, 2.24) is 5.32 Å². The Hall–Kier alpha value is -0.0800. The Morgan fingerprint density at radius 3 is 2.33 bits per heavy atom. The van der Waals surface area contributed by atoms with Gasteiger partial charge in [-0.05, 0) is 18.3 Å². The Labute approximate surface area is 76.9 Å². The lowest BCUT2D eigenvalue weighted by molar-refractivity contribution is 0.471. The molecular weight excluding hydrogens is 148 g/mol. The maximum Gasteiger partial charge on any atom is 0.0167 e. The lowest BCUT2D eigenvalue weighted by atomic mass is 10.0. The molecule has 0 spiro atoms. The van der Waals surface area contributed by atoms with E-state index >= 15 is 0 Å². The first kappa shape index (κ1) is 11.9. The van der Waals surface area contributed by atoms with E-state index in [0.717, 1.165) is 19.5 Å². The van der Waals surface area contributed by atoms with Crippen molar-refractivity contribution in [2.24, 2.45) is 11.7 Å². The van der Waals surface area contributed by atoms with Crippen molar-refractivity contribution in [2.75, 3.05) is 13.1 Å². The third kappa shape index (κ3) is 8.02. The van der Waals surface area contributed by atoms with Crippen molar-refractivity contribution in [3.63, 3.8) is 0 Å². The van der Waals surface area contributed by atoms with Gasteiger partial charge in [0.15, 0.2) is 0 Å². The second kappa shape index (κ2) is 6.44. The molecular formula is C10H23N2. The fourth-order valence-electron chi connectivity index (χ4n) is 1.20. The van der Waals surface area contributed by atoms with Crippen LogP contribution in [0, 0.1) is 11.8 Å². The van der Waals surface area contributed by atoms with Gasteiger partial charge in [0.05, 0.1) is 0 Å². The van der Waals surface area contributed by atoms with E-state index in [0.29, 0.717) is 12.0 Å². The average molecular weight is 171 g/mol. The molecule has 3 N–H and O–H groups in total. The van der Waals surface area contributed by atoms with Crippen LogP contribution < -0.4 is 11.1 Å². The Morgan fingerprint density at radius 2 is 1.92 bits per heavy atom. The van der Waals surface area contributed by atoms with Crippen LogP contribution in [0.25, 0.3) is 0 Å². The molecule has 0 saturated carbocycles. The summed E-state index contributed by atoms with van der Waals surface area (Å²) in [5.74, 6) is 2.11. The van der Waals surface area contributed by atoms with Crippen molar-refractivity contribution < 1.29 is 0 Å². The molecule has 0 aromatic carbocycles. The lowest BCUT2D eigenvalue weighted by Gasteiger charge is -2.15. The molecule has 0 fully saturated rings.